The Hall–Kier alpha value is -2.48. The number of nitrogens with zero attached hydrogens (tertiary/aromatic N) is 2. The molecule has 1 N–H and O–H groups in total. The molecular formula is C19H15Cl2N3O3S. The average molecular weight is 436 g/mol. The number of ether oxygens (including phenoxy) is 1. The van der Waals surface area contributed by atoms with Gasteiger partial charge in [0, 0.05) is 16.8 Å². The van der Waals surface area contributed by atoms with Crippen LogP contribution >= 0.6 is 34.5 Å². The quantitative estimate of drug-likeness (QED) is 0.569. The highest BCUT2D eigenvalue weighted by molar-refractivity contribution is 7.17. The summed E-state index contributed by atoms with van der Waals surface area (Å²) >= 11 is 12.9. The SMILES string of the molecule is Cc1nc(-c2ccc(Cl)cc2)sc1C(=O)OC(C)C(=O)Nc1ccc(Cl)cn1. The minimum Gasteiger partial charge on any atom is -0.448 e. The van der Waals surface area contributed by atoms with E-state index >= 15 is 0 Å². The minimum absolute atomic E-state index is 0.316. The summed E-state index contributed by atoms with van der Waals surface area (Å²) in [6.07, 6.45) is 0.401. The van der Waals surface area contributed by atoms with Gasteiger partial charge in [0.2, 0.25) is 0 Å². The van der Waals surface area contributed by atoms with Gasteiger partial charge in [-0.1, -0.05) is 35.3 Å². The lowest BCUT2D eigenvalue weighted by atomic mass is 10.2. The molecule has 3 aromatic rings. The number of amides is 1. The molecule has 1 aromatic carbocycles. The van der Waals surface area contributed by atoms with E-state index in [4.69, 9.17) is 27.9 Å². The number of aromatic nitrogens is 2. The number of pyridine rings is 1. The molecule has 144 valence electrons. The maximum absolute atomic E-state index is 12.5. The summed E-state index contributed by atoms with van der Waals surface area (Å²) in [6.45, 7) is 3.20. The third-order valence-electron chi connectivity index (χ3n) is 3.70. The van der Waals surface area contributed by atoms with E-state index in [1.54, 1.807) is 31.2 Å². The van der Waals surface area contributed by atoms with E-state index in [1.807, 2.05) is 12.1 Å². The molecule has 3 rings (SSSR count). The molecule has 0 fully saturated rings. The zero-order chi connectivity index (χ0) is 20.3. The molecule has 0 aliphatic rings. The van der Waals surface area contributed by atoms with Crippen molar-refractivity contribution in [2.45, 2.75) is 20.0 Å². The van der Waals surface area contributed by atoms with Gasteiger partial charge in [-0.05, 0) is 38.1 Å². The number of thiazole rings is 1. The Morgan fingerprint density at radius 1 is 1.11 bits per heavy atom. The second-order valence-electron chi connectivity index (χ2n) is 5.84. The lowest BCUT2D eigenvalue weighted by Gasteiger charge is -2.12. The molecule has 0 saturated heterocycles. The van der Waals surface area contributed by atoms with E-state index in [2.05, 4.69) is 15.3 Å². The van der Waals surface area contributed by atoms with Crippen molar-refractivity contribution in [1.82, 2.24) is 9.97 Å². The summed E-state index contributed by atoms with van der Waals surface area (Å²) < 4.78 is 5.29. The van der Waals surface area contributed by atoms with Gasteiger partial charge in [0.1, 0.15) is 15.7 Å². The number of nitrogens with one attached hydrogen (secondary N) is 1. The Balaban J connectivity index is 1.67. The molecule has 0 saturated carbocycles. The van der Waals surface area contributed by atoms with Crippen molar-refractivity contribution >= 4 is 52.2 Å². The highest BCUT2D eigenvalue weighted by Crippen LogP contribution is 2.29. The first kappa shape index (κ1) is 20.3. The summed E-state index contributed by atoms with van der Waals surface area (Å²) in [5, 5.41) is 4.31. The fraction of sp³-hybridized carbons (Fsp3) is 0.158. The maximum Gasteiger partial charge on any atom is 0.351 e. The second kappa shape index (κ2) is 8.68. The molecule has 0 bridgehead atoms. The molecule has 1 amide bonds. The largest absolute Gasteiger partial charge is 0.448 e. The van der Waals surface area contributed by atoms with Gasteiger partial charge in [0.25, 0.3) is 5.91 Å². The van der Waals surface area contributed by atoms with E-state index in [0.29, 0.717) is 31.4 Å². The van der Waals surface area contributed by atoms with Crippen LogP contribution in [0, 0.1) is 6.92 Å². The molecular weight excluding hydrogens is 421 g/mol. The number of carbonyl (C=O) groups excluding carboxylic acids is 2. The Labute approximate surface area is 175 Å². The van der Waals surface area contributed by atoms with Crippen LogP contribution < -0.4 is 5.32 Å². The number of hydrogen-bond donors (Lipinski definition) is 1. The van der Waals surface area contributed by atoms with E-state index in [-0.39, 0.29) is 0 Å². The zero-order valence-corrected chi connectivity index (χ0v) is 17.2. The highest BCUT2D eigenvalue weighted by atomic mass is 35.5. The van der Waals surface area contributed by atoms with Crippen molar-refractivity contribution in [3.63, 3.8) is 0 Å². The van der Waals surface area contributed by atoms with Crippen LogP contribution in [-0.4, -0.2) is 27.9 Å². The number of carbonyl (C=O) groups is 2. The number of rotatable bonds is 5. The van der Waals surface area contributed by atoms with Gasteiger partial charge in [-0.3, -0.25) is 4.79 Å². The molecule has 0 aliphatic carbocycles. The van der Waals surface area contributed by atoms with Gasteiger partial charge in [-0.15, -0.1) is 11.3 Å². The predicted molar refractivity (Wildman–Crippen MR) is 110 cm³/mol. The first-order valence-electron chi connectivity index (χ1n) is 8.20. The van der Waals surface area contributed by atoms with Gasteiger partial charge in [-0.2, -0.15) is 0 Å². The van der Waals surface area contributed by atoms with E-state index in [0.717, 1.165) is 5.56 Å². The molecule has 0 radical (unpaired) electrons. The Morgan fingerprint density at radius 2 is 1.79 bits per heavy atom. The Morgan fingerprint density at radius 3 is 2.43 bits per heavy atom. The lowest BCUT2D eigenvalue weighted by Crippen LogP contribution is -2.30. The first-order chi connectivity index (χ1) is 13.3. The van der Waals surface area contributed by atoms with Crippen molar-refractivity contribution in [3.8, 4) is 10.6 Å². The fourth-order valence-corrected chi connectivity index (χ4v) is 3.44. The molecule has 1 unspecified atom stereocenters. The molecule has 0 spiro atoms. The second-order valence-corrected chi connectivity index (χ2v) is 7.71. The fourth-order valence-electron chi connectivity index (χ4n) is 2.25. The van der Waals surface area contributed by atoms with Gasteiger partial charge < -0.3 is 10.1 Å². The standard InChI is InChI=1S/C19H15Cl2N3O3S/c1-10-16(28-18(23-10)12-3-5-13(20)6-4-12)19(26)27-11(2)17(25)24-15-8-7-14(21)9-22-15/h3-9,11H,1-2H3,(H,22,24,25). The van der Waals surface area contributed by atoms with Crippen LogP contribution in [-0.2, 0) is 9.53 Å². The van der Waals surface area contributed by atoms with Crippen LogP contribution in [0.3, 0.4) is 0 Å². The van der Waals surface area contributed by atoms with Crippen LogP contribution in [0.15, 0.2) is 42.6 Å². The normalized spacial score (nSPS) is 11.7. The van der Waals surface area contributed by atoms with E-state index < -0.39 is 18.0 Å². The van der Waals surface area contributed by atoms with Crippen LogP contribution in [0.4, 0.5) is 5.82 Å². The van der Waals surface area contributed by atoms with E-state index in [9.17, 15) is 9.59 Å². The molecule has 9 heteroatoms. The van der Waals surface area contributed by atoms with Gasteiger partial charge >= 0.3 is 5.97 Å². The molecule has 1 atom stereocenters. The van der Waals surface area contributed by atoms with Crippen molar-refractivity contribution < 1.29 is 14.3 Å². The van der Waals surface area contributed by atoms with Crippen molar-refractivity contribution in [2.75, 3.05) is 5.32 Å². The number of hydrogen-bond acceptors (Lipinski definition) is 6. The Kier molecular flexibility index (Phi) is 6.28. The van der Waals surface area contributed by atoms with Crippen molar-refractivity contribution in [2.24, 2.45) is 0 Å². The minimum atomic E-state index is -1.01. The number of halogens is 2. The lowest BCUT2D eigenvalue weighted by molar-refractivity contribution is -0.123. The van der Waals surface area contributed by atoms with Crippen LogP contribution in [0.2, 0.25) is 10.0 Å². The molecule has 28 heavy (non-hydrogen) atoms. The van der Waals surface area contributed by atoms with Crippen LogP contribution in [0.5, 0.6) is 0 Å². The van der Waals surface area contributed by atoms with E-state index in [1.165, 1.54) is 24.5 Å². The van der Waals surface area contributed by atoms with Gasteiger partial charge in [0.15, 0.2) is 6.10 Å². The van der Waals surface area contributed by atoms with Crippen molar-refractivity contribution in [3.05, 3.63) is 63.2 Å². The number of benzene rings is 1. The van der Waals surface area contributed by atoms with Crippen molar-refractivity contribution in [1.29, 1.82) is 0 Å². The molecule has 0 aliphatic heterocycles. The molecule has 2 heterocycles. The first-order valence-corrected chi connectivity index (χ1v) is 9.77. The third kappa shape index (κ3) is 4.86. The third-order valence-corrected chi connectivity index (χ3v) is 5.37. The summed E-state index contributed by atoms with van der Waals surface area (Å²) in [5.74, 6) is -0.790. The molecule has 2 aromatic heterocycles. The molecule has 6 nitrogen and oxygen atoms in total. The highest BCUT2D eigenvalue weighted by Gasteiger charge is 2.23. The monoisotopic (exact) mass is 435 g/mol. The summed E-state index contributed by atoms with van der Waals surface area (Å²) in [7, 11) is 0. The number of esters is 1. The van der Waals surface area contributed by atoms with Crippen LogP contribution in [0.25, 0.3) is 10.6 Å². The van der Waals surface area contributed by atoms with Crippen LogP contribution in [0.1, 0.15) is 22.3 Å². The smallest absolute Gasteiger partial charge is 0.351 e. The van der Waals surface area contributed by atoms with Gasteiger partial charge in [0.05, 0.1) is 10.7 Å². The van der Waals surface area contributed by atoms with Gasteiger partial charge in [-0.25, -0.2) is 14.8 Å². The summed E-state index contributed by atoms with van der Waals surface area (Å²) in [4.78, 5) is 33.4. The summed E-state index contributed by atoms with van der Waals surface area (Å²) in [6, 6.07) is 10.3. The Bertz CT molecular complexity index is 1000. The number of aryl methyl sites for hydroxylation is 1. The summed E-state index contributed by atoms with van der Waals surface area (Å²) in [5.41, 5.74) is 1.38. The zero-order valence-electron chi connectivity index (χ0n) is 14.9. The number of anilines is 1. The average Bonchev–Trinajstić information content (AvgIpc) is 3.06. The maximum atomic E-state index is 12.5. The predicted octanol–water partition coefficient (Wildman–Crippen LogP) is 5.00. The topological polar surface area (TPSA) is 81.2 Å².